The van der Waals surface area contributed by atoms with Gasteiger partial charge < -0.3 is 15.6 Å². The minimum Gasteiger partial charge on any atom is -0.361 e. The fourth-order valence-electron chi connectivity index (χ4n) is 4.29. The fraction of sp³-hybridized carbons (Fsp3) is 0.435. The van der Waals surface area contributed by atoms with Crippen molar-refractivity contribution < 1.29 is 10.1 Å². The number of quaternary nitrogens is 1. The molecular weight excluding hydrogens is 366 g/mol. The molecule has 4 nitrogen and oxygen atoms in total. The number of H-pyrrole nitrogens is 1. The Labute approximate surface area is 170 Å². The van der Waals surface area contributed by atoms with Crippen LogP contribution in [0.2, 0.25) is 0 Å². The molecule has 1 aliphatic carbocycles. The van der Waals surface area contributed by atoms with Crippen molar-refractivity contribution in [2.24, 2.45) is 0 Å². The molecule has 1 aliphatic rings. The summed E-state index contributed by atoms with van der Waals surface area (Å²) in [7, 11) is 0. The molecule has 5 heteroatoms. The number of benzene rings is 1. The Balaban J connectivity index is 1.45. The highest BCUT2D eigenvalue weighted by Crippen LogP contribution is 2.32. The summed E-state index contributed by atoms with van der Waals surface area (Å²) in [6.45, 7) is 2.89. The summed E-state index contributed by atoms with van der Waals surface area (Å²) in [4.78, 5) is 17.4. The highest BCUT2D eigenvalue weighted by molar-refractivity contribution is 7.10. The van der Waals surface area contributed by atoms with Gasteiger partial charge in [-0.15, -0.1) is 11.3 Å². The number of rotatable bonds is 7. The number of hydrogen-bond donors (Lipinski definition) is 3. The van der Waals surface area contributed by atoms with Crippen LogP contribution in [0.1, 0.15) is 55.4 Å². The van der Waals surface area contributed by atoms with Crippen molar-refractivity contribution in [3.05, 3.63) is 58.4 Å². The number of carbonyl (C=O) groups is 1. The molecule has 1 saturated carbocycles. The smallest absolute Gasteiger partial charge is 0.278 e. The first-order valence-corrected chi connectivity index (χ1v) is 11.3. The van der Waals surface area contributed by atoms with Crippen molar-refractivity contribution in [3.8, 4) is 0 Å². The number of nitrogens with two attached hydrogens (primary N) is 1. The van der Waals surface area contributed by atoms with Crippen molar-refractivity contribution in [2.75, 3.05) is 6.54 Å². The number of thiophene rings is 1. The van der Waals surface area contributed by atoms with Crippen LogP contribution in [0.25, 0.3) is 10.9 Å². The van der Waals surface area contributed by atoms with Gasteiger partial charge in [-0.1, -0.05) is 43.5 Å². The molecule has 0 aliphatic heterocycles. The highest BCUT2D eigenvalue weighted by Gasteiger charge is 2.25. The molecule has 2 heterocycles. The van der Waals surface area contributed by atoms with Gasteiger partial charge in [0.1, 0.15) is 0 Å². The number of para-hydroxylation sites is 1. The number of carbonyl (C=O) groups excluding carboxylic acids is 1. The zero-order valence-electron chi connectivity index (χ0n) is 16.5. The van der Waals surface area contributed by atoms with Gasteiger partial charge in [0.15, 0.2) is 6.04 Å². The van der Waals surface area contributed by atoms with Gasteiger partial charge in [-0.05, 0) is 42.8 Å². The van der Waals surface area contributed by atoms with Gasteiger partial charge in [-0.2, -0.15) is 0 Å². The molecule has 4 N–H and O–H groups in total. The van der Waals surface area contributed by atoms with E-state index in [0.29, 0.717) is 6.04 Å². The first-order valence-electron chi connectivity index (χ1n) is 10.5. The van der Waals surface area contributed by atoms with E-state index in [0.717, 1.165) is 19.4 Å². The van der Waals surface area contributed by atoms with E-state index in [9.17, 15) is 4.79 Å². The van der Waals surface area contributed by atoms with Crippen molar-refractivity contribution >= 4 is 28.1 Å². The Morgan fingerprint density at radius 1 is 1.21 bits per heavy atom. The van der Waals surface area contributed by atoms with E-state index in [-0.39, 0.29) is 17.9 Å². The van der Waals surface area contributed by atoms with E-state index in [1.807, 2.05) is 6.92 Å². The molecule has 4 rings (SSSR count). The topological polar surface area (TPSA) is 61.5 Å². The van der Waals surface area contributed by atoms with Gasteiger partial charge in [0.25, 0.3) is 5.91 Å². The Morgan fingerprint density at radius 2 is 2.04 bits per heavy atom. The molecule has 2 atom stereocenters. The monoisotopic (exact) mass is 396 g/mol. The zero-order valence-corrected chi connectivity index (χ0v) is 17.3. The molecule has 2 aromatic heterocycles. The summed E-state index contributed by atoms with van der Waals surface area (Å²) in [6.07, 6.45) is 8.18. The molecule has 3 aromatic rings. The van der Waals surface area contributed by atoms with Crippen molar-refractivity contribution in [2.45, 2.75) is 57.0 Å². The molecule has 28 heavy (non-hydrogen) atoms. The summed E-state index contributed by atoms with van der Waals surface area (Å²) in [5, 5.41) is 8.87. The second-order valence-corrected chi connectivity index (χ2v) is 8.94. The van der Waals surface area contributed by atoms with E-state index in [2.05, 4.69) is 63.6 Å². The summed E-state index contributed by atoms with van der Waals surface area (Å²) in [5.74, 6) is 0.455. The third kappa shape index (κ3) is 4.31. The lowest BCUT2D eigenvalue weighted by Gasteiger charge is -2.24. The number of aromatic nitrogens is 1. The second-order valence-electron chi connectivity index (χ2n) is 7.96. The second kappa shape index (κ2) is 8.93. The molecule has 0 bridgehead atoms. The molecule has 1 amide bonds. The lowest BCUT2D eigenvalue weighted by atomic mass is 9.95. The molecule has 0 saturated heterocycles. The van der Waals surface area contributed by atoms with Gasteiger partial charge in [0.05, 0.1) is 12.5 Å². The predicted octanol–water partition coefficient (Wildman–Crippen LogP) is 3.76. The van der Waals surface area contributed by atoms with E-state index < -0.39 is 0 Å². The quantitative estimate of drug-likeness (QED) is 0.559. The normalized spacial score (nSPS) is 17.5. The lowest BCUT2D eigenvalue weighted by Crippen LogP contribution is -2.92. The number of aromatic amines is 1. The first kappa shape index (κ1) is 19.2. The average molecular weight is 397 g/mol. The van der Waals surface area contributed by atoms with E-state index in [1.165, 1.54) is 40.6 Å². The maximum atomic E-state index is 12.7. The van der Waals surface area contributed by atoms with E-state index in [4.69, 9.17) is 0 Å². The summed E-state index contributed by atoms with van der Waals surface area (Å²) < 4.78 is 0. The SMILES string of the molecule is C[C@@H]([NH2+]C[C@H](c1cccs1)c1c[nH]c2ccccc12)C(=O)NC1CCCCC1. The molecule has 1 aromatic carbocycles. The maximum absolute atomic E-state index is 12.7. The van der Waals surface area contributed by atoms with Crippen LogP contribution in [0.3, 0.4) is 0 Å². The van der Waals surface area contributed by atoms with Crippen LogP contribution in [-0.2, 0) is 4.79 Å². The number of amides is 1. The third-order valence-electron chi connectivity index (χ3n) is 5.97. The third-order valence-corrected chi connectivity index (χ3v) is 6.96. The molecule has 1 fully saturated rings. The van der Waals surface area contributed by atoms with E-state index >= 15 is 0 Å². The summed E-state index contributed by atoms with van der Waals surface area (Å²) in [6, 6.07) is 13.1. The van der Waals surface area contributed by atoms with E-state index in [1.54, 1.807) is 11.3 Å². The molecule has 0 unspecified atom stereocenters. The van der Waals surface area contributed by atoms with Gasteiger partial charge in [-0.25, -0.2) is 0 Å². The Kier molecular flexibility index (Phi) is 6.13. The predicted molar refractivity (Wildman–Crippen MR) is 116 cm³/mol. The van der Waals surface area contributed by atoms with Crippen molar-refractivity contribution in [3.63, 3.8) is 0 Å². The van der Waals surface area contributed by atoms with Gasteiger partial charge in [-0.3, -0.25) is 4.79 Å². The maximum Gasteiger partial charge on any atom is 0.278 e. The van der Waals surface area contributed by atoms with Crippen molar-refractivity contribution in [1.29, 1.82) is 0 Å². The molecule has 0 radical (unpaired) electrons. The number of hydrogen-bond acceptors (Lipinski definition) is 2. The van der Waals surface area contributed by atoms with Crippen molar-refractivity contribution in [1.82, 2.24) is 10.3 Å². The van der Waals surface area contributed by atoms with Crippen LogP contribution in [0, 0.1) is 0 Å². The minimum absolute atomic E-state index is 0.0744. The largest absolute Gasteiger partial charge is 0.361 e. The highest BCUT2D eigenvalue weighted by atomic mass is 32.1. The van der Waals surface area contributed by atoms with Crippen LogP contribution in [0.5, 0.6) is 0 Å². The number of fused-ring (bicyclic) bond motifs is 1. The van der Waals surface area contributed by atoms with Gasteiger partial charge in [0.2, 0.25) is 0 Å². The van der Waals surface area contributed by atoms with Gasteiger partial charge >= 0.3 is 0 Å². The lowest BCUT2D eigenvalue weighted by molar-refractivity contribution is -0.674. The number of nitrogens with one attached hydrogen (secondary N) is 2. The van der Waals surface area contributed by atoms with Crippen LogP contribution in [0.4, 0.5) is 0 Å². The van der Waals surface area contributed by atoms with Crippen LogP contribution in [-0.4, -0.2) is 29.5 Å². The average Bonchev–Trinajstić information content (AvgIpc) is 3.40. The Morgan fingerprint density at radius 3 is 2.82 bits per heavy atom. The Bertz CT molecular complexity index is 896. The standard InChI is InChI=1S/C23H29N3OS/c1-16(23(27)26-17-8-3-2-4-9-17)24-15-20(22-12-7-13-28-22)19-14-25-21-11-6-5-10-18(19)21/h5-7,10-14,16-17,20,24-25H,2-4,8-9,15H2,1H3,(H,26,27)/p+1/t16-,20+/m1/s1. The van der Waals surface area contributed by atoms with Gasteiger partial charge in [0, 0.05) is 28.0 Å². The molecule has 0 spiro atoms. The van der Waals surface area contributed by atoms with Crippen LogP contribution < -0.4 is 10.6 Å². The fourth-order valence-corrected chi connectivity index (χ4v) is 5.15. The van der Waals surface area contributed by atoms with Crippen LogP contribution in [0.15, 0.2) is 48.0 Å². The Hall–Kier alpha value is -2.11. The summed E-state index contributed by atoms with van der Waals surface area (Å²) >= 11 is 1.79. The summed E-state index contributed by atoms with van der Waals surface area (Å²) in [5.41, 5.74) is 2.48. The minimum atomic E-state index is -0.0744. The van der Waals surface area contributed by atoms with Crippen LogP contribution >= 0.6 is 11.3 Å². The molecular formula is C23H30N3OS+. The molecule has 148 valence electrons. The zero-order chi connectivity index (χ0) is 19.3. The first-order chi connectivity index (χ1) is 13.7.